The molecule has 16 heteroatoms. The molecule has 4 unspecified atom stereocenters. The molecule has 220 valence electrons. The number of hydrogen-bond acceptors (Lipinski definition) is 16. The molecule has 0 radical (unpaired) electrons. The van der Waals surface area contributed by atoms with Crippen molar-refractivity contribution in [2.24, 2.45) is 0 Å². The van der Waals surface area contributed by atoms with Crippen molar-refractivity contribution in [1.82, 2.24) is 0 Å². The first-order chi connectivity index (χ1) is 19.4. The van der Waals surface area contributed by atoms with Crippen LogP contribution in [0.25, 0.3) is 0 Å². The van der Waals surface area contributed by atoms with Crippen LogP contribution in [0.5, 0.6) is 34.5 Å². The summed E-state index contributed by atoms with van der Waals surface area (Å²) in [5, 5.41) is 104. The van der Waals surface area contributed by atoms with Crippen LogP contribution < -0.4 is 4.74 Å². The van der Waals surface area contributed by atoms with Crippen molar-refractivity contribution in [3.05, 3.63) is 46.4 Å². The Morgan fingerprint density at radius 3 is 2.20 bits per heavy atom. The molecule has 6 rings (SSSR count). The molecule has 4 aliphatic heterocycles. The zero-order chi connectivity index (χ0) is 29.5. The summed E-state index contributed by atoms with van der Waals surface area (Å²) in [5.41, 5.74) is -1.04. The average Bonchev–Trinajstić information content (AvgIpc) is 3.47. The van der Waals surface area contributed by atoms with Gasteiger partial charge in [0, 0.05) is 12.1 Å². The Morgan fingerprint density at radius 1 is 0.854 bits per heavy atom. The van der Waals surface area contributed by atoms with Crippen molar-refractivity contribution in [3.63, 3.8) is 0 Å². The number of carbonyl (C=O) groups excluding carboxylic acids is 1. The number of esters is 1. The lowest BCUT2D eigenvalue weighted by Gasteiger charge is -2.41. The smallest absolute Gasteiger partial charge is 0.377 e. The van der Waals surface area contributed by atoms with E-state index in [1.165, 1.54) is 0 Å². The number of aliphatic hydroxyl groups is 6. The van der Waals surface area contributed by atoms with Gasteiger partial charge >= 0.3 is 5.97 Å². The van der Waals surface area contributed by atoms with E-state index < -0.39 is 108 Å². The fraction of sp³-hybridized carbons (Fsp3) is 0.400. The number of aliphatic hydroxyl groups excluding tert-OH is 6. The summed E-state index contributed by atoms with van der Waals surface area (Å²) in [6.07, 6.45) is -11.5. The van der Waals surface area contributed by atoms with Crippen LogP contribution in [-0.4, -0.2) is 107 Å². The predicted molar refractivity (Wildman–Crippen MR) is 126 cm³/mol. The Kier molecular flexibility index (Phi) is 6.12. The summed E-state index contributed by atoms with van der Waals surface area (Å²) in [7, 11) is 0. The second kappa shape index (κ2) is 9.25. The molecule has 0 saturated carbocycles. The molecule has 0 aromatic heterocycles. The number of fused-ring (bicyclic) bond motifs is 4. The van der Waals surface area contributed by atoms with Gasteiger partial charge < -0.3 is 74.7 Å². The molecule has 10 N–H and O–H groups in total. The van der Waals surface area contributed by atoms with Crippen LogP contribution in [0.15, 0.2) is 29.7 Å². The van der Waals surface area contributed by atoms with Crippen LogP contribution in [0.2, 0.25) is 0 Å². The maximum absolute atomic E-state index is 11.8. The summed E-state index contributed by atoms with van der Waals surface area (Å²) in [5.74, 6) is -8.73. The lowest BCUT2D eigenvalue weighted by Crippen LogP contribution is -2.55. The lowest BCUT2D eigenvalue weighted by molar-refractivity contribution is -0.232. The molecular weight excluding hydrogens is 556 g/mol. The highest BCUT2D eigenvalue weighted by Crippen LogP contribution is 2.60. The van der Waals surface area contributed by atoms with E-state index in [1.807, 2.05) is 0 Å². The number of rotatable bonds is 3. The van der Waals surface area contributed by atoms with Crippen LogP contribution in [0, 0.1) is 0 Å². The van der Waals surface area contributed by atoms with Gasteiger partial charge in [-0.15, -0.1) is 0 Å². The second-order valence-electron chi connectivity index (χ2n) is 9.86. The predicted octanol–water partition coefficient (Wildman–Crippen LogP) is -1.00. The molecule has 0 amide bonds. The quantitative estimate of drug-likeness (QED) is 0.154. The minimum absolute atomic E-state index is 0.138. The van der Waals surface area contributed by atoms with E-state index in [2.05, 4.69) is 0 Å². The van der Waals surface area contributed by atoms with Gasteiger partial charge in [0.2, 0.25) is 11.5 Å². The van der Waals surface area contributed by atoms with Gasteiger partial charge in [0.15, 0.2) is 23.4 Å². The van der Waals surface area contributed by atoms with Gasteiger partial charge in [-0.3, -0.25) is 0 Å². The molecule has 1 spiro atoms. The van der Waals surface area contributed by atoms with Crippen molar-refractivity contribution in [2.45, 2.75) is 48.5 Å². The molecule has 8 atom stereocenters. The zero-order valence-corrected chi connectivity index (χ0v) is 20.6. The summed E-state index contributed by atoms with van der Waals surface area (Å²) < 4.78 is 28.3. The molecule has 0 bridgehead atoms. The zero-order valence-electron chi connectivity index (χ0n) is 20.6. The maximum atomic E-state index is 11.8. The van der Waals surface area contributed by atoms with E-state index in [1.54, 1.807) is 0 Å². The fourth-order valence-corrected chi connectivity index (χ4v) is 5.44. The van der Waals surface area contributed by atoms with Crippen molar-refractivity contribution in [1.29, 1.82) is 0 Å². The van der Waals surface area contributed by atoms with Crippen molar-refractivity contribution < 1.29 is 79.5 Å². The molecule has 2 fully saturated rings. The van der Waals surface area contributed by atoms with Crippen LogP contribution in [-0.2, 0) is 29.5 Å². The number of phenolic OH excluding ortho intramolecular Hbond substituents is 4. The SMILES string of the molecule is O=C1OC(C2COC3(O2)c2cc(O)c(O)cc2Oc2cc(O)c(C4O[C@H](CO)[C@@H](O)[C@H](O)[C@H]4O)c(O)c23)C(O)=C1O. The first-order valence-corrected chi connectivity index (χ1v) is 12.2. The molecular formula is C25H24O16. The van der Waals surface area contributed by atoms with Crippen LogP contribution in [0.1, 0.15) is 22.8 Å². The number of benzene rings is 2. The fourth-order valence-electron chi connectivity index (χ4n) is 5.44. The average molecular weight is 580 g/mol. The monoisotopic (exact) mass is 580 g/mol. The summed E-state index contributed by atoms with van der Waals surface area (Å²) in [4.78, 5) is 11.8. The van der Waals surface area contributed by atoms with Crippen LogP contribution in [0.3, 0.4) is 0 Å². The molecule has 2 aromatic rings. The van der Waals surface area contributed by atoms with Gasteiger partial charge in [-0.05, 0) is 6.07 Å². The highest BCUT2D eigenvalue weighted by molar-refractivity contribution is 5.89. The third-order valence-electron chi connectivity index (χ3n) is 7.48. The number of carbonyl (C=O) groups is 1. The Hall–Kier alpha value is -4.03. The van der Waals surface area contributed by atoms with Crippen molar-refractivity contribution in [3.8, 4) is 34.5 Å². The van der Waals surface area contributed by atoms with Gasteiger partial charge in [0.1, 0.15) is 65.2 Å². The number of hydrogen-bond donors (Lipinski definition) is 10. The summed E-state index contributed by atoms with van der Waals surface area (Å²) >= 11 is 0. The normalized spacial score (nSPS) is 34.3. The molecule has 4 aliphatic rings. The largest absolute Gasteiger partial charge is 0.507 e. The minimum atomic E-state index is -2.26. The van der Waals surface area contributed by atoms with E-state index in [0.29, 0.717) is 0 Å². The van der Waals surface area contributed by atoms with Gasteiger partial charge in [0.25, 0.3) is 0 Å². The second-order valence-corrected chi connectivity index (χ2v) is 9.86. The molecule has 16 nitrogen and oxygen atoms in total. The van der Waals surface area contributed by atoms with E-state index >= 15 is 0 Å². The van der Waals surface area contributed by atoms with Crippen molar-refractivity contribution in [2.75, 3.05) is 13.2 Å². The highest BCUT2D eigenvalue weighted by atomic mass is 16.8. The standard InChI is InChI=1S/C25H24O16/c26-4-12-16(30)18(32)19(33)23(39-12)14-9(29)3-11-15(17(14)31)25(6-1-7(27)8(28)2-10(6)38-11)37-5-13(41-25)22-20(34)21(35)24(36)40-22/h1-3,12-13,16,18-19,22-23,26-35H,4-5H2/t12-,13?,16-,18+,19-,22?,23?,25?/m1/s1. The molecule has 0 aliphatic carbocycles. The van der Waals surface area contributed by atoms with E-state index in [4.69, 9.17) is 23.7 Å². The molecule has 2 aromatic carbocycles. The highest BCUT2D eigenvalue weighted by Gasteiger charge is 2.58. The topological polar surface area (TPSA) is 266 Å². The first kappa shape index (κ1) is 27.2. The number of phenols is 4. The Morgan fingerprint density at radius 2 is 1.54 bits per heavy atom. The number of aromatic hydroxyl groups is 4. The number of ether oxygens (including phenoxy) is 5. The third-order valence-corrected chi connectivity index (χ3v) is 7.48. The van der Waals surface area contributed by atoms with E-state index in [0.717, 1.165) is 18.2 Å². The van der Waals surface area contributed by atoms with Gasteiger partial charge in [-0.1, -0.05) is 0 Å². The lowest BCUT2D eigenvalue weighted by atomic mass is 9.85. The van der Waals surface area contributed by atoms with E-state index in [-0.39, 0.29) is 22.6 Å². The Balaban J connectivity index is 1.52. The van der Waals surface area contributed by atoms with Gasteiger partial charge in [0.05, 0.1) is 24.3 Å². The van der Waals surface area contributed by atoms with E-state index in [9.17, 15) is 55.9 Å². The summed E-state index contributed by atoms with van der Waals surface area (Å²) in [6.45, 7) is -1.25. The third kappa shape index (κ3) is 3.77. The molecule has 4 heterocycles. The van der Waals surface area contributed by atoms with Crippen LogP contribution in [0.4, 0.5) is 0 Å². The Bertz CT molecular complexity index is 1470. The Labute approximate surface area is 228 Å². The number of cyclic esters (lactones) is 1. The van der Waals surface area contributed by atoms with Gasteiger partial charge in [-0.2, -0.15) is 0 Å². The van der Waals surface area contributed by atoms with Crippen molar-refractivity contribution >= 4 is 5.97 Å². The summed E-state index contributed by atoms with van der Waals surface area (Å²) in [6, 6.07) is 2.96. The maximum Gasteiger partial charge on any atom is 0.377 e. The van der Waals surface area contributed by atoms with Crippen LogP contribution >= 0.6 is 0 Å². The molecule has 2 saturated heterocycles. The minimum Gasteiger partial charge on any atom is -0.507 e. The molecule has 41 heavy (non-hydrogen) atoms. The van der Waals surface area contributed by atoms with Gasteiger partial charge in [-0.25, -0.2) is 4.79 Å². The first-order valence-electron chi connectivity index (χ1n) is 12.2.